The first-order chi connectivity index (χ1) is 6.79. The van der Waals surface area contributed by atoms with Crippen LogP contribution in [-0.4, -0.2) is 0 Å². The van der Waals surface area contributed by atoms with Crippen molar-refractivity contribution in [2.24, 2.45) is 0 Å². The van der Waals surface area contributed by atoms with E-state index < -0.39 is 0 Å². The number of rotatable bonds is 2. The number of hydrogen-bond acceptors (Lipinski definition) is 1. The molecule has 14 heavy (non-hydrogen) atoms. The molecule has 2 heteroatoms. The van der Waals surface area contributed by atoms with E-state index in [1.807, 2.05) is 0 Å². The smallest absolute Gasteiger partial charge is 0.0740 e. The van der Waals surface area contributed by atoms with Gasteiger partial charge in [0.05, 0.1) is 4.83 Å². The van der Waals surface area contributed by atoms with Crippen LogP contribution < -0.4 is 0 Å². The van der Waals surface area contributed by atoms with Gasteiger partial charge in [0.2, 0.25) is 0 Å². The highest BCUT2D eigenvalue weighted by atomic mass is 79.9. The van der Waals surface area contributed by atoms with Gasteiger partial charge in [-0.25, -0.2) is 0 Å². The van der Waals surface area contributed by atoms with E-state index in [2.05, 4.69) is 64.6 Å². The first-order valence-corrected chi connectivity index (χ1v) is 6.31. The predicted molar refractivity (Wildman–Crippen MR) is 66.3 cm³/mol. The summed E-state index contributed by atoms with van der Waals surface area (Å²) in [5.41, 5.74) is 2.69. The minimum Gasteiger partial charge on any atom is -0.147 e. The van der Waals surface area contributed by atoms with Gasteiger partial charge in [-0.1, -0.05) is 46.3 Å². The van der Waals surface area contributed by atoms with Gasteiger partial charge < -0.3 is 0 Å². The summed E-state index contributed by atoms with van der Waals surface area (Å²) in [6.45, 7) is 2.15. The van der Waals surface area contributed by atoms with Gasteiger partial charge in [0.25, 0.3) is 0 Å². The highest BCUT2D eigenvalue weighted by Crippen LogP contribution is 2.34. The van der Waals surface area contributed by atoms with E-state index in [4.69, 9.17) is 0 Å². The van der Waals surface area contributed by atoms with Gasteiger partial charge in [-0.2, -0.15) is 0 Å². The monoisotopic (exact) mass is 266 g/mol. The van der Waals surface area contributed by atoms with E-state index in [-0.39, 0.29) is 0 Å². The van der Waals surface area contributed by atoms with E-state index in [0.29, 0.717) is 4.83 Å². The Labute approximate surface area is 96.7 Å². The molecule has 0 aliphatic heterocycles. The molecule has 0 nitrogen and oxygen atoms in total. The summed E-state index contributed by atoms with van der Waals surface area (Å²) in [7, 11) is 0. The molecular weight excluding hydrogens is 256 g/mol. The molecule has 0 saturated carbocycles. The maximum atomic E-state index is 3.73. The van der Waals surface area contributed by atoms with Crippen LogP contribution in [0.1, 0.15) is 20.8 Å². The molecule has 0 aliphatic carbocycles. The van der Waals surface area contributed by atoms with Crippen LogP contribution in [0.15, 0.2) is 41.8 Å². The average molecular weight is 267 g/mol. The lowest BCUT2D eigenvalue weighted by atomic mass is 10.1. The minimum atomic E-state index is 0.337. The van der Waals surface area contributed by atoms with E-state index >= 15 is 0 Å². The number of benzene rings is 1. The van der Waals surface area contributed by atoms with Gasteiger partial charge in [0.15, 0.2) is 0 Å². The Hall–Kier alpha value is -0.600. The molecule has 2 aromatic rings. The van der Waals surface area contributed by atoms with Crippen LogP contribution in [0.3, 0.4) is 0 Å². The molecule has 0 fully saturated rings. The minimum absolute atomic E-state index is 0.337. The fraction of sp³-hybridized carbons (Fsp3) is 0.167. The lowest BCUT2D eigenvalue weighted by Gasteiger charge is -2.10. The van der Waals surface area contributed by atoms with Crippen LogP contribution in [0.25, 0.3) is 0 Å². The van der Waals surface area contributed by atoms with E-state index in [0.717, 1.165) is 0 Å². The SMILES string of the molecule is Cc1ccccc1C(Br)c1cccs1. The summed E-state index contributed by atoms with van der Waals surface area (Å²) in [6.07, 6.45) is 0. The summed E-state index contributed by atoms with van der Waals surface area (Å²) in [6, 6.07) is 12.7. The first kappa shape index (κ1) is 9.94. The maximum Gasteiger partial charge on any atom is 0.0740 e. The molecule has 0 aliphatic rings. The van der Waals surface area contributed by atoms with Gasteiger partial charge in [0.1, 0.15) is 0 Å². The van der Waals surface area contributed by atoms with Crippen LogP contribution in [-0.2, 0) is 0 Å². The van der Waals surface area contributed by atoms with Crippen molar-refractivity contribution in [2.45, 2.75) is 11.8 Å². The van der Waals surface area contributed by atoms with Crippen molar-refractivity contribution in [3.8, 4) is 0 Å². The fourth-order valence-electron chi connectivity index (χ4n) is 1.46. The number of hydrogen-bond donors (Lipinski definition) is 0. The Balaban J connectivity index is 2.37. The third kappa shape index (κ3) is 1.91. The van der Waals surface area contributed by atoms with Crippen molar-refractivity contribution in [1.82, 2.24) is 0 Å². The van der Waals surface area contributed by atoms with E-state index in [1.54, 1.807) is 11.3 Å². The van der Waals surface area contributed by atoms with Crippen LogP contribution in [0, 0.1) is 6.92 Å². The molecule has 1 heterocycles. The zero-order valence-corrected chi connectivity index (χ0v) is 10.3. The van der Waals surface area contributed by atoms with Gasteiger partial charge >= 0.3 is 0 Å². The van der Waals surface area contributed by atoms with Gasteiger partial charge in [-0.15, -0.1) is 11.3 Å². The third-order valence-electron chi connectivity index (χ3n) is 2.25. The van der Waals surface area contributed by atoms with Gasteiger partial charge in [-0.05, 0) is 29.5 Å². The van der Waals surface area contributed by atoms with Gasteiger partial charge in [-0.3, -0.25) is 0 Å². The molecule has 1 atom stereocenters. The first-order valence-electron chi connectivity index (χ1n) is 4.52. The summed E-state index contributed by atoms with van der Waals surface area (Å²) in [5.74, 6) is 0. The Kier molecular flexibility index (Phi) is 3.04. The van der Waals surface area contributed by atoms with Crippen LogP contribution in [0.2, 0.25) is 0 Å². The number of alkyl halides is 1. The molecule has 2 rings (SSSR count). The predicted octanol–water partition coefficient (Wildman–Crippen LogP) is 4.54. The largest absolute Gasteiger partial charge is 0.147 e. The Morgan fingerprint density at radius 2 is 1.93 bits per heavy atom. The van der Waals surface area contributed by atoms with Crippen molar-refractivity contribution >= 4 is 27.3 Å². The zero-order chi connectivity index (χ0) is 9.97. The third-order valence-corrected chi connectivity index (χ3v) is 4.48. The summed E-state index contributed by atoms with van der Waals surface area (Å²) in [4.78, 5) is 1.70. The quantitative estimate of drug-likeness (QED) is 0.701. The van der Waals surface area contributed by atoms with Crippen LogP contribution in [0.4, 0.5) is 0 Å². The summed E-state index contributed by atoms with van der Waals surface area (Å²) >= 11 is 5.52. The lowest BCUT2D eigenvalue weighted by molar-refractivity contribution is 1.18. The molecule has 0 radical (unpaired) electrons. The van der Waals surface area contributed by atoms with Crippen molar-refractivity contribution in [3.63, 3.8) is 0 Å². The highest BCUT2D eigenvalue weighted by molar-refractivity contribution is 9.09. The molecule has 72 valence electrons. The molecule has 1 aromatic carbocycles. The molecule has 1 aromatic heterocycles. The summed E-state index contributed by atoms with van der Waals surface area (Å²) in [5, 5.41) is 2.11. The van der Waals surface area contributed by atoms with Crippen molar-refractivity contribution < 1.29 is 0 Å². The molecule has 0 amide bonds. The molecule has 0 bridgehead atoms. The van der Waals surface area contributed by atoms with Crippen LogP contribution in [0.5, 0.6) is 0 Å². The Bertz CT molecular complexity index is 406. The number of thiophene rings is 1. The topological polar surface area (TPSA) is 0 Å². The van der Waals surface area contributed by atoms with E-state index in [1.165, 1.54) is 16.0 Å². The highest BCUT2D eigenvalue weighted by Gasteiger charge is 2.12. The summed E-state index contributed by atoms with van der Waals surface area (Å²) < 4.78 is 0. The maximum absolute atomic E-state index is 3.73. The fourth-order valence-corrected chi connectivity index (χ4v) is 3.17. The molecular formula is C12H11BrS. The molecule has 0 saturated heterocycles. The normalized spacial score (nSPS) is 12.7. The molecule has 0 spiro atoms. The lowest BCUT2D eigenvalue weighted by Crippen LogP contribution is -1.92. The Morgan fingerprint density at radius 1 is 1.14 bits per heavy atom. The van der Waals surface area contributed by atoms with Crippen LogP contribution >= 0.6 is 27.3 Å². The van der Waals surface area contributed by atoms with Crippen molar-refractivity contribution in [3.05, 3.63) is 57.8 Å². The zero-order valence-electron chi connectivity index (χ0n) is 7.91. The standard InChI is InChI=1S/C12H11BrS/c1-9-5-2-3-6-10(9)12(13)11-7-4-8-14-11/h2-8,12H,1H3. The van der Waals surface area contributed by atoms with Crippen molar-refractivity contribution in [1.29, 1.82) is 0 Å². The number of halogens is 1. The molecule has 0 N–H and O–H groups in total. The Morgan fingerprint density at radius 3 is 2.57 bits per heavy atom. The van der Waals surface area contributed by atoms with Crippen molar-refractivity contribution in [2.75, 3.05) is 0 Å². The van der Waals surface area contributed by atoms with Gasteiger partial charge in [0, 0.05) is 4.88 Å². The number of aryl methyl sites for hydroxylation is 1. The second-order valence-corrected chi connectivity index (χ2v) is 5.13. The second-order valence-electron chi connectivity index (χ2n) is 3.23. The molecule has 1 unspecified atom stereocenters. The van der Waals surface area contributed by atoms with E-state index in [9.17, 15) is 0 Å². The second kappa shape index (κ2) is 4.28. The average Bonchev–Trinajstić information content (AvgIpc) is 2.70.